The summed E-state index contributed by atoms with van der Waals surface area (Å²) in [5, 5.41) is 22.9. The largest absolute Gasteiger partial charge is 0.490 e. The van der Waals surface area contributed by atoms with Gasteiger partial charge < -0.3 is 15.5 Å². The number of carboxylic acid groups (broad SMARTS) is 2. The number of benzene rings is 1. The van der Waals surface area contributed by atoms with Crippen molar-refractivity contribution >= 4 is 39.4 Å². The van der Waals surface area contributed by atoms with Crippen LogP contribution in [0.1, 0.15) is 29.4 Å². The van der Waals surface area contributed by atoms with Gasteiger partial charge in [0.25, 0.3) is 5.91 Å². The number of carbonyl (C=O) groups excluding carboxylic acids is 1. The van der Waals surface area contributed by atoms with E-state index in [4.69, 9.17) is 15.0 Å². The van der Waals surface area contributed by atoms with Gasteiger partial charge in [-0.25, -0.2) is 9.48 Å². The molecule has 1 heterocycles. The lowest BCUT2D eigenvalue weighted by Crippen LogP contribution is -2.26. The highest BCUT2D eigenvalue weighted by Gasteiger charge is 2.38. The molecule has 0 aliphatic heterocycles. The predicted octanol–water partition coefficient (Wildman–Crippen LogP) is 3.65. The fraction of sp³-hybridized carbons (Fsp3) is 0.368. The second-order valence-corrected chi connectivity index (χ2v) is 8.65. The van der Waals surface area contributed by atoms with Gasteiger partial charge in [-0.05, 0) is 18.6 Å². The number of carbonyl (C=O) groups is 3. The molecule has 32 heavy (non-hydrogen) atoms. The SMILES string of the molecule is CCc1c(C(=O)NCCSSCCC(=O)O)cnn1-c1ccccc1.O=C(O)C(F)(F)F. The van der Waals surface area contributed by atoms with E-state index in [0.717, 1.165) is 17.1 Å². The maximum atomic E-state index is 12.4. The average Bonchev–Trinajstić information content (AvgIpc) is 3.17. The van der Waals surface area contributed by atoms with E-state index in [2.05, 4.69) is 10.4 Å². The molecule has 1 amide bonds. The Morgan fingerprint density at radius 3 is 2.22 bits per heavy atom. The molecular weight excluding hydrogens is 471 g/mol. The minimum absolute atomic E-state index is 0.129. The van der Waals surface area contributed by atoms with Gasteiger partial charge in [0.2, 0.25) is 0 Å². The molecule has 2 rings (SSSR count). The first kappa shape index (κ1) is 27.4. The molecule has 0 saturated heterocycles. The number of hydrogen-bond donors (Lipinski definition) is 3. The molecule has 0 unspecified atom stereocenters. The Bertz CT molecular complexity index is 892. The van der Waals surface area contributed by atoms with Gasteiger partial charge in [-0.2, -0.15) is 18.3 Å². The molecule has 2 aromatic rings. The number of para-hydroxylation sites is 1. The third-order valence-electron chi connectivity index (χ3n) is 3.65. The first-order chi connectivity index (χ1) is 15.1. The quantitative estimate of drug-likeness (QED) is 0.339. The summed E-state index contributed by atoms with van der Waals surface area (Å²) in [6.07, 6.45) is -2.62. The van der Waals surface area contributed by atoms with Gasteiger partial charge in [0.15, 0.2) is 0 Å². The van der Waals surface area contributed by atoms with Crippen LogP contribution in [0.5, 0.6) is 0 Å². The number of nitrogens with one attached hydrogen (secondary N) is 1. The summed E-state index contributed by atoms with van der Waals surface area (Å²) in [5.41, 5.74) is 2.41. The van der Waals surface area contributed by atoms with Crippen molar-refractivity contribution in [3.63, 3.8) is 0 Å². The van der Waals surface area contributed by atoms with Crippen LogP contribution in [0, 0.1) is 0 Å². The van der Waals surface area contributed by atoms with E-state index in [0.29, 0.717) is 24.3 Å². The molecule has 0 fully saturated rings. The maximum Gasteiger partial charge on any atom is 0.490 e. The highest BCUT2D eigenvalue weighted by molar-refractivity contribution is 8.76. The van der Waals surface area contributed by atoms with E-state index in [-0.39, 0.29) is 12.3 Å². The fourth-order valence-corrected chi connectivity index (χ4v) is 4.13. The van der Waals surface area contributed by atoms with Crippen molar-refractivity contribution < 1.29 is 37.8 Å². The molecule has 3 N–H and O–H groups in total. The van der Waals surface area contributed by atoms with Crippen LogP contribution in [0.25, 0.3) is 5.69 Å². The van der Waals surface area contributed by atoms with Crippen molar-refractivity contribution in [2.24, 2.45) is 0 Å². The molecule has 1 aromatic carbocycles. The molecule has 0 spiro atoms. The zero-order valence-corrected chi connectivity index (χ0v) is 18.6. The lowest BCUT2D eigenvalue weighted by Gasteiger charge is -2.08. The molecule has 0 bridgehead atoms. The van der Waals surface area contributed by atoms with Crippen molar-refractivity contribution in [1.29, 1.82) is 0 Å². The summed E-state index contributed by atoms with van der Waals surface area (Å²) >= 11 is 0. The molecule has 0 atom stereocenters. The van der Waals surface area contributed by atoms with Crippen molar-refractivity contribution in [2.45, 2.75) is 25.9 Å². The van der Waals surface area contributed by atoms with Crippen LogP contribution >= 0.6 is 21.6 Å². The number of carboxylic acids is 2. The topological polar surface area (TPSA) is 122 Å². The minimum atomic E-state index is -5.08. The maximum absolute atomic E-state index is 12.4. The number of aliphatic carboxylic acids is 2. The Balaban J connectivity index is 0.000000633. The van der Waals surface area contributed by atoms with Crippen LogP contribution in [-0.4, -0.2) is 62.1 Å². The van der Waals surface area contributed by atoms with E-state index in [1.165, 1.54) is 10.8 Å². The molecule has 176 valence electrons. The lowest BCUT2D eigenvalue weighted by atomic mass is 10.2. The monoisotopic (exact) mass is 493 g/mol. The van der Waals surface area contributed by atoms with E-state index in [1.807, 2.05) is 37.3 Å². The van der Waals surface area contributed by atoms with Gasteiger partial charge in [-0.1, -0.05) is 46.7 Å². The molecule has 8 nitrogen and oxygen atoms in total. The van der Waals surface area contributed by atoms with Gasteiger partial charge in [0, 0.05) is 18.1 Å². The summed E-state index contributed by atoms with van der Waals surface area (Å²) in [7, 11) is 3.07. The number of halogens is 3. The summed E-state index contributed by atoms with van der Waals surface area (Å²) < 4.78 is 33.5. The normalized spacial score (nSPS) is 10.8. The molecule has 13 heteroatoms. The summed E-state index contributed by atoms with van der Waals surface area (Å²) in [6, 6.07) is 9.74. The van der Waals surface area contributed by atoms with Gasteiger partial charge in [0.05, 0.1) is 29.6 Å². The Morgan fingerprint density at radius 1 is 1.09 bits per heavy atom. The smallest absolute Gasteiger partial charge is 0.481 e. The predicted molar refractivity (Wildman–Crippen MR) is 116 cm³/mol. The van der Waals surface area contributed by atoms with Crippen LogP contribution in [0.15, 0.2) is 36.5 Å². The van der Waals surface area contributed by atoms with Gasteiger partial charge >= 0.3 is 18.1 Å². The van der Waals surface area contributed by atoms with Crippen LogP contribution in [0.2, 0.25) is 0 Å². The molecule has 0 aliphatic carbocycles. The van der Waals surface area contributed by atoms with Crippen molar-refractivity contribution in [1.82, 2.24) is 15.1 Å². The van der Waals surface area contributed by atoms with Crippen LogP contribution < -0.4 is 5.32 Å². The molecule has 0 radical (unpaired) electrons. The third kappa shape index (κ3) is 9.64. The molecule has 1 aromatic heterocycles. The summed E-state index contributed by atoms with van der Waals surface area (Å²) in [4.78, 5) is 31.7. The van der Waals surface area contributed by atoms with Crippen LogP contribution in [0.4, 0.5) is 13.2 Å². The number of amides is 1. The first-order valence-electron chi connectivity index (χ1n) is 9.24. The number of nitrogens with zero attached hydrogens (tertiary/aromatic N) is 2. The number of aromatic nitrogens is 2. The fourth-order valence-electron chi connectivity index (χ4n) is 2.24. The average molecular weight is 494 g/mol. The highest BCUT2D eigenvalue weighted by Crippen LogP contribution is 2.21. The van der Waals surface area contributed by atoms with E-state index in [1.54, 1.807) is 21.7 Å². The van der Waals surface area contributed by atoms with E-state index in [9.17, 15) is 22.8 Å². The molecule has 0 aliphatic rings. The number of hydrogen-bond acceptors (Lipinski definition) is 6. The van der Waals surface area contributed by atoms with Crippen molar-refractivity contribution in [3.05, 3.63) is 47.8 Å². The van der Waals surface area contributed by atoms with Crippen molar-refractivity contribution in [3.8, 4) is 5.69 Å². The zero-order valence-electron chi connectivity index (χ0n) is 17.0. The van der Waals surface area contributed by atoms with Crippen LogP contribution in [-0.2, 0) is 16.0 Å². The third-order valence-corrected chi connectivity index (χ3v) is 6.05. The summed E-state index contributed by atoms with van der Waals surface area (Å²) in [5.74, 6) is -2.38. The van der Waals surface area contributed by atoms with Gasteiger partial charge in [-0.3, -0.25) is 9.59 Å². The zero-order chi connectivity index (χ0) is 24.1. The first-order valence-corrected chi connectivity index (χ1v) is 11.7. The van der Waals surface area contributed by atoms with Gasteiger partial charge in [-0.15, -0.1) is 0 Å². The van der Waals surface area contributed by atoms with E-state index < -0.39 is 18.1 Å². The standard InChI is InChI=1S/C17H21N3O3S2.C2HF3O2/c1-2-15-14(12-19-20(15)13-6-4-3-5-7-13)17(23)18-9-11-25-24-10-8-16(21)22;3-2(4,5)1(6)7/h3-7,12H,2,8-11H2,1H3,(H,18,23)(H,21,22);(H,6,7). The Labute approximate surface area is 190 Å². The van der Waals surface area contributed by atoms with E-state index >= 15 is 0 Å². The van der Waals surface area contributed by atoms with Gasteiger partial charge in [0.1, 0.15) is 0 Å². The number of alkyl halides is 3. The van der Waals surface area contributed by atoms with Crippen LogP contribution in [0.3, 0.4) is 0 Å². The highest BCUT2D eigenvalue weighted by atomic mass is 33.1. The second kappa shape index (κ2) is 13.7. The lowest BCUT2D eigenvalue weighted by molar-refractivity contribution is -0.192. The van der Waals surface area contributed by atoms with Crippen molar-refractivity contribution in [2.75, 3.05) is 18.1 Å². The Morgan fingerprint density at radius 2 is 1.69 bits per heavy atom. The molecular formula is C19H22F3N3O5S2. The number of rotatable bonds is 10. The Hall–Kier alpha value is -2.67. The second-order valence-electron chi connectivity index (χ2n) is 5.95. The minimum Gasteiger partial charge on any atom is -0.481 e. The Kier molecular flexibility index (Phi) is 11.7. The summed E-state index contributed by atoms with van der Waals surface area (Å²) in [6.45, 7) is 2.53. The molecule has 0 saturated carbocycles.